The van der Waals surface area contributed by atoms with Crippen LogP contribution in [0.25, 0.3) is 11.3 Å². The van der Waals surface area contributed by atoms with Gasteiger partial charge < -0.3 is 9.84 Å². The molecule has 0 aliphatic carbocycles. The highest BCUT2D eigenvalue weighted by Crippen LogP contribution is 2.34. The molecule has 9 heteroatoms. The quantitative estimate of drug-likeness (QED) is 0.160. The number of amides is 1. The minimum atomic E-state index is -4.14. The normalized spacial score (nSPS) is 12.3. The summed E-state index contributed by atoms with van der Waals surface area (Å²) in [5, 5.41) is 6.96. The number of rotatable bonds is 11. The van der Waals surface area contributed by atoms with E-state index in [9.17, 15) is 13.2 Å². The lowest BCUT2D eigenvalue weighted by Gasteiger charge is -2.24. The number of aromatic nitrogens is 1. The largest absolute Gasteiger partial charge is 0.356 e. The van der Waals surface area contributed by atoms with Crippen LogP contribution in [0.2, 0.25) is 0 Å². The van der Waals surface area contributed by atoms with Crippen LogP contribution in [0.3, 0.4) is 0 Å². The molecule has 3 aromatic carbocycles. The summed E-state index contributed by atoms with van der Waals surface area (Å²) in [6.07, 6.45) is 1.67. The fourth-order valence-electron chi connectivity index (χ4n) is 4.39. The molecule has 4 aromatic rings. The van der Waals surface area contributed by atoms with E-state index in [1.54, 1.807) is 12.1 Å². The van der Waals surface area contributed by atoms with E-state index in [0.717, 1.165) is 33.3 Å². The van der Waals surface area contributed by atoms with E-state index in [2.05, 4.69) is 71.4 Å². The van der Waals surface area contributed by atoms with Gasteiger partial charge in [0.2, 0.25) is 0 Å². The van der Waals surface area contributed by atoms with E-state index >= 15 is 0 Å². The lowest BCUT2D eigenvalue weighted by molar-refractivity contribution is 0.0956. The van der Waals surface area contributed by atoms with Crippen molar-refractivity contribution in [1.82, 2.24) is 10.5 Å². The number of hydrogen-bond acceptors (Lipinski definition) is 5. The third-order valence-corrected chi connectivity index (χ3v) is 8.54. The van der Waals surface area contributed by atoms with Gasteiger partial charge in [-0.05, 0) is 59.2 Å². The molecule has 2 N–H and O–H groups in total. The summed E-state index contributed by atoms with van der Waals surface area (Å²) in [5.41, 5.74) is 5.62. The van der Waals surface area contributed by atoms with Gasteiger partial charge in [-0.2, -0.15) is 8.42 Å². The molecule has 0 aliphatic rings. The minimum Gasteiger partial charge on any atom is -0.356 e. The lowest BCUT2D eigenvalue weighted by atomic mass is 9.80. The van der Waals surface area contributed by atoms with E-state index in [4.69, 9.17) is 9.08 Å². The lowest BCUT2D eigenvalue weighted by Crippen LogP contribution is -2.28. The second-order valence-electron chi connectivity index (χ2n) is 10.5. The Morgan fingerprint density at radius 2 is 1.62 bits per heavy atom. The number of halogens is 1. The Hall–Kier alpha value is -3.27. The van der Waals surface area contributed by atoms with Crippen LogP contribution in [0, 0.1) is 0 Å². The van der Waals surface area contributed by atoms with Crippen molar-refractivity contribution in [2.45, 2.75) is 58.8 Å². The van der Waals surface area contributed by atoms with Crippen molar-refractivity contribution in [3.05, 3.63) is 111 Å². The fraction of sp³-hybridized carbons (Fsp3) is 0.333. The monoisotopic (exact) mass is 654 g/mol. The highest BCUT2D eigenvalue weighted by atomic mass is 79.9. The van der Waals surface area contributed by atoms with Gasteiger partial charge in [-0.3, -0.25) is 9.35 Å². The van der Waals surface area contributed by atoms with Gasteiger partial charge in [-0.15, -0.1) is 0 Å². The molecule has 1 aromatic heterocycles. The maximum Gasteiger partial charge on any atom is 0.266 e. The number of carbonyl (C=O) groups excluding carboxylic acids is 1. The first-order valence-corrected chi connectivity index (χ1v) is 16.5. The molecule has 0 radical (unpaired) electrons. The molecule has 0 spiro atoms. The summed E-state index contributed by atoms with van der Waals surface area (Å²) in [6.45, 7) is 10.5. The molecular weight excluding hydrogens is 616 g/mol. The number of carbonyl (C=O) groups is 1. The van der Waals surface area contributed by atoms with Crippen LogP contribution < -0.4 is 5.32 Å². The predicted molar refractivity (Wildman–Crippen MR) is 171 cm³/mol. The first kappa shape index (κ1) is 33.2. The molecule has 0 fully saturated rings. The van der Waals surface area contributed by atoms with Crippen molar-refractivity contribution in [1.29, 1.82) is 0 Å². The van der Waals surface area contributed by atoms with E-state index in [-0.39, 0.29) is 17.9 Å². The van der Waals surface area contributed by atoms with Crippen molar-refractivity contribution in [2.75, 3.05) is 12.3 Å². The first-order chi connectivity index (χ1) is 19.9. The molecule has 1 heterocycles. The molecular formula is C33H39BrN2O5S. The molecule has 224 valence electrons. The highest BCUT2D eigenvalue weighted by Gasteiger charge is 2.23. The molecule has 0 saturated carbocycles. The van der Waals surface area contributed by atoms with Crippen molar-refractivity contribution >= 4 is 32.0 Å². The summed E-state index contributed by atoms with van der Waals surface area (Å²) in [7, 11) is -4.14. The maximum atomic E-state index is 12.4. The Kier molecular flexibility index (Phi) is 11.7. The Bertz CT molecular complexity index is 1550. The number of hydrogen-bond donors (Lipinski definition) is 2. The zero-order chi connectivity index (χ0) is 30.9. The van der Waals surface area contributed by atoms with Crippen molar-refractivity contribution in [3.8, 4) is 11.3 Å². The minimum absolute atomic E-state index is 0.0778. The van der Waals surface area contributed by atoms with Crippen LogP contribution in [-0.4, -0.2) is 36.3 Å². The molecule has 0 saturated heterocycles. The zero-order valence-electron chi connectivity index (χ0n) is 24.7. The Morgan fingerprint density at radius 3 is 2.19 bits per heavy atom. The van der Waals surface area contributed by atoms with Gasteiger partial charge in [0.05, 0.1) is 11.4 Å². The Morgan fingerprint density at radius 1 is 1.00 bits per heavy atom. The third-order valence-electron chi connectivity index (χ3n) is 7.29. The van der Waals surface area contributed by atoms with E-state index in [0.29, 0.717) is 17.7 Å². The van der Waals surface area contributed by atoms with Gasteiger partial charge in [-0.1, -0.05) is 104 Å². The second kappa shape index (κ2) is 14.8. The summed E-state index contributed by atoms with van der Waals surface area (Å²) in [6, 6.07) is 25.7. The van der Waals surface area contributed by atoms with Crippen molar-refractivity contribution in [3.63, 3.8) is 0 Å². The summed E-state index contributed by atoms with van der Waals surface area (Å²) < 4.78 is 37.4. The molecule has 1 unspecified atom stereocenters. The van der Waals surface area contributed by atoms with Gasteiger partial charge in [0.15, 0.2) is 5.76 Å². The smallest absolute Gasteiger partial charge is 0.266 e. The molecule has 42 heavy (non-hydrogen) atoms. The van der Waals surface area contributed by atoms with Crippen LogP contribution in [0.4, 0.5) is 0 Å². The second-order valence-corrected chi connectivity index (χ2v) is 13.0. The fourth-order valence-corrected chi connectivity index (χ4v) is 5.02. The van der Waals surface area contributed by atoms with Gasteiger partial charge in [0, 0.05) is 34.1 Å². The standard InChI is InChI=1S/C31H33BrN2O5S.C2H6/c1-4-31(2,3)25-13-9-22(10-14-25)27(28-20-29(39-34-28)23-11-15-26(32)16-12-23)19-21-5-7-24(8-6-21)30(35)33-17-18-40(36,37)38;1-2/h5-16,20,27H,4,17-19H2,1-3H3,(H,33,35)(H,36,37,38);1-2H3. The van der Waals surface area contributed by atoms with Crippen molar-refractivity contribution < 1.29 is 22.3 Å². The van der Waals surface area contributed by atoms with Crippen LogP contribution >= 0.6 is 15.9 Å². The van der Waals surface area contributed by atoms with Crippen LogP contribution in [0.15, 0.2) is 87.9 Å². The van der Waals surface area contributed by atoms with E-state index < -0.39 is 21.8 Å². The topological polar surface area (TPSA) is 110 Å². The molecule has 1 atom stereocenters. The van der Waals surface area contributed by atoms with E-state index in [1.165, 1.54) is 5.56 Å². The summed E-state index contributed by atoms with van der Waals surface area (Å²) in [4.78, 5) is 12.4. The average Bonchev–Trinajstić information content (AvgIpc) is 3.47. The van der Waals surface area contributed by atoms with Crippen LogP contribution in [-0.2, 0) is 22.0 Å². The van der Waals surface area contributed by atoms with Gasteiger partial charge in [0.1, 0.15) is 0 Å². The molecule has 0 aliphatic heterocycles. The number of nitrogens with zero attached hydrogens (tertiary/aromatic N) is 1. The Balaban J connectivity index is 0.00000237. The summed E-state index contributed by atoms with van der Waals surface area (Å²) >= 11 is 3.47. The third kappa shape index (κ3) is 9.11. The zero-order valence-corrected chi connectivity index (χ0v) is 27.1. The molecule has 4 rings (SSSR count). The SMILES string of the molecule is CC.CCC(C)(C)c1ccc(C(Cc2ccc(C(=O)NCCS(=O)(=O)O)cc2)c2cc(-c3ccc(Br)cc3)on2)cc1. The van der Waals surface area contributed by atoms with Gasteiger partial charge in [-0.25, -0.2) is 0 Å². The predicted octanol–water partition coefficient (Wildman–Crippen LogP) is 7.81. The number of benzene rings is 3. The number of nitrogens with one attached hydrogen (secondary N) is 1. The van der Waals surface area contributed by atoms with Crippen LogP contribution in [0.1, 0.15) is 79.7 Å². The maximum absolute atomic E-state index is 12.4. The molecule has 7 nitrogen and oxygen atoms in total. The van der Waals surface area contributed by atoms with Gasteiger partial charge >= 0.3 is 0 Å². The van der Waals surface area contributed by atoms with E-state index in [1.807, 2.05) is 56.3 Å². The van der Waals surface area contributed by atoms with Gasteiger partial charge in [0.25, 0.3) is 16.0 Å². The Labute approximate surface area is 257 Å². The summed E-state index contributed by atoms with van der Waals surface area (Å²) in [5.74, 6) is -0.335. The molecule has 0 bridgehead atoms. The van der Waals surface area contributed by atoms with Crippen LogP contribution in [0.5, 0.6) is 0 Å². The highest BCUT2D eigenvalue weighted by molar-refractivity contribution is 9.10. The molecule has 1 amide bonds. The average molecular weight is 656 g/mol. The first-order valence-electron chi connectivity index (χ1n) is 14.1. The van der Waals surface area contributed by atoms with Crippen molar-refractivity contribution in [2.24, 2.45) is 0 Å².